The van der Waals surface area contributed by atoms with Crippen LogP contribution in [0.25, 0.3) is 11.2 Å². The Bertz CT molecular complexity index is 1350. The zero-order chi connectivity index (χ0) is 33.0. The fourth-order valence-electron chi connectivity index (χ4n) is 4.65. The quantitative estimate of drug-likeness (QED) is 0.128. The van der Waals surface area contributed by atoms with Gasteiger partial charge >= 0.3 is 19.5 Å². The van der Waals surface area contributed by atoms with Gasteiger partial charge in [-0.25, -0.2) is 4.98 Å². The lowest BCUT2D eigenvalue weighted by molar-refractivity contribution is -0.162. The van der Waals surface area contributed by atoms with E-state index in [1.165, 1.54) is 0 Å². The summed E-state index contributed by atoms with van der Waals surface area (Å²) in [6, 6.07) is 0.287. The van der Waals surface area contributed by atoms with E-state index in [-0.39, 0.29) is 24.4 Å². The molecule has 1 aliphatic carbocycles. The van der Waals surface area contributed by atoms with Gasteiger partial charge in [0.2, 0.25) is 18.9 Å². The van der Waals surface area contributed by atoms with E-state index in [2.05, 4.69) is 20.3 Å². The van der Waals surface area contributed by atoms with Crippen molar-refractivity contribution in [3.8, 4) is 0 Å². The molecule has 0 radical (unpaired) electrons. The normalized spacial score (nSPS) is 21.4. The van der Waals surface area contributed by atoms with Gasteiger partial charge in [-0.3, -0.25) is 27.8 Å². The number of fused-ring (bicyclic) bond motifs is 1. The van der Waals surface area contributed by atoms with Crippen LogP contribution in [0.1, 0.15) is 79.9 Å². The monoisotopic (exact) mass is 675 g/mol. The van der Waals surface area contributed by atoms with Crippen LogP contribution in [0.4, 0.5) is 5.82 Å². The minimum Gasteiger partial charge on any atom is -0.438 e. The highest BCUT2D eigenvalue weighted by atomic mass is 35.5. The molecular formula is C28H43ClN5O10P. The molecule has 252 valence electrons. The number of carbonyl (C=O) groups excluding carboxylic acids is 2. The molecule has 4 rings (SSSR count). The van der Waals surface area contributed by atoms with Crippen LogP contribution >= 0.6 is 19.2 Å². The third kappa shape index (κ3) is 9.57. The zero-order valence-corrected chi connectivity index (χ0v) is 28.1. The van der Waals surface area contributed by atoms with Crippen LogP contribution in [0.3, 0.4) is 0 Å². The van der Waals surface area contributed by atoms with Crippen molar-refractivity contribution < 1.29 is 47.3 Å². The number of hydrogen-bond acceptors (Lipinski definition) is 14. The largest absolute Gasteiger partial charge is 0.438 e. The number of aromatic nitrogens is 4. The summed E-state index contributed by atoms with van der Waals surface area (Å²) in [5, 5.41) is 14.2. The first-order valence-electron chi connectivity index (χ1n) is 14.9. The maximum Gasteiger partial charge on any atom is 0.361 e. The molecule has 45 heavy (non-hydrogen) atoms. The molecule has 0 bridgehead atoms. The van der Waals surface area contributed by atoms with Crippen molar-refractivity contribution >= 4 is 48.1 Å². The van der Waals surface area contributed by atoms with E-state index in [9.17, 15) is 19.3 Å². The van der Waals surface area contributed by atoms with Crippen molar-refractivity contribution in [1.29, 1.82) is 0 Å². The third-order valence-corrected chi connectivity index (χ3v) is 8.91. The SMILES string of the molecule is CC(C)(C)C(=O)OCOP(=O)(COC[C@H]1O[C@@H](n2cnc3c(NC4CCCC4)nc(Cl)nc32)C[C@@H]1O)OCOC(=O)C(C)(C)C. The molecule has 0 spiro atoms. The molecule has 2 N–H and O–H groups in total. The fourth-order valence-corrected chi connectivity index (χ4v) is 5.79. The van der Waals surface area contributed by atoms with Gasteiger partial charge in [-0.2, -0.15) is 9.97 Å². The van der Waals surface area contributed by atoms with E-state index in [1.54, 1.807) is 52.4 Å². The summed E-state index contributed by atoms with van der Waals surface area (Å²) in [7, 11) is -4.10. The Morgan fingerprint density at radius 3 is 2.24 bits per heavy atom. The van der Waals surface area contributed by atoms with E-state index in [0.29, 0.717) is 17.0 Å². The van der Waals surface area contributed by atoms with Crippen molar-refractivity contribution in [3.05, 3.63) is 11.6 Å². The Labute approximate surface area is 267 Å². The van der Waals surface area contributed by atoms with Gasteiger partial charge in [0.05, 0.1) is 29.9 Å². The zero-order valence-electron chi connectivity index (χ0n) is 26.5. The van der Waals surface area contributed by atoms with Gasteiger partial charge in [0.1, 0.15) is 18.7 Å². The number of ether oxygens (including phenoxy) is 4. The summed E-state index contributed by atoms with van der Waals surface area (Å²) >= 11 is 6.25. The second kappa shape index (κ2) is 14.6. The Morgan fingerprint density at radius 1 is 1.07 bits per heavy atom. The van der Waals surface area contributed by atoms with Crippen molar-refractivity contribution in [2.45, 2.75) is 98.1 Å². The molecule has 1 saturated carbocycles. The van der Waals surface area contributed by atoms with Crippen LogP contribution in [0.2, 0.25) is 5.28 Å². The molecule has 15 nitrogen and oxygen atoms in total. The van der Waals surface area contributed by atoms with Crippen LogP contribution in [-0.4, -0.2) is 81.4 Å². The van der Waals surface area contributed by atoms with Crippen LogP contribution in [0.15, 0.2) is 6.33 Å². The highest BCUT2D eigenvalue weighted by Gasteiger charge is 2.38. The first-order valence-corrected chi connectivity index (χ1v) is 17.0. The third-order valence-electron chi connectivity index (χ3n) is 7.24. The molecule has 2 aromatic heterocycles. The smallest absolute Gasteiger partial charge is 0.361 e. The Balaban J connectivity index is 1.37. The number of rotatable bonds is 13. The van der Waals surface area contributed by atoms with Gasteiger partial charge < -0.3 is 29.4 Å². The summed E-state index contributed by atoms with van der Waals surface area (Å²) in [5.41, 5.74) is -0.634. The lowest BCUT2D eigenvalue weighted by Gasteiger charge is -2.22. The first-order chi connectivity index (χ1) is 21.1. The molecule has 1 saturated heterocycles. The van der Waals surface area contributed by atoms with E-state index >= 15 is 0 Å². The molecule has 0 unspecified atom stereocenters. The lowest BCUT2D eigenvalue weighted by atomic mass is 9.98. The van der Waals surface area contributed by atoms with Gasteiger partial charge in [0.25, 0.3) is 0 Å². The Hall–Kier alpha value is -2.39. The van der Waals surface area contributed by atoms with Gasteiger partial charge in [-0.05, 0) is 66.0 Å². The number of anilines is 1. The van der Waals surface area contributed by atoms with Crippen LogP contribution in [0.5, 0.6) is 0 Å². The van der Waals surface area contributed by atoms with E-state index in [1.807, 2.05) is 0 Å². The van der Waals surface area contributed by atoms with E-state index in [4.69, 9.17) is 39.6 Å². The van der Waals surface area contributed by atoms with Crippen molar-refractivity contribution in [2.75, 3.05) is 31.9 Å². The molecule has 2 aliphatic rings. The molecule has 2 fully saturated rings. The molecule has 0 amide bonds. The van der Waals surface area contributed by atoms with Crippen LogP contribution < -0.4 is 5.32 Å². The number of carbonyl (C=O) groups is 2. The average molecular weight is 676 g/mol. The Morgan fingerprint density at radius 2 is 1.67 bits per heavy atom. The van der Waals surface area contributed by atoms with E-state index < -0.39 is 68.7 Å². The number of hydrogen-bond donors (Lipinski definition) is 2. The number of nitrogens with one attached hydrogen (secondary N) is 1. The summed E-state index contributed by atoms with van der Waals surface area (Å²) in [6.45, 7) is 8.38. The summed E-state index contributed by atoms with van der Waals surface area (Å²) < 4.78 is 47.4. The van der Waals surface area contributed by atoms with Crippen LogP contribution in [0, 0.1) is 10.8 Å². The maximum atomic E-state index is 13.4. The molecule has 0 aromatic carbocycles. The minimum absolute atomic E-state index is 0.0558. The average Bonchev–Trinajstić information content (AvgIpc) is 3.68. The van der Waals surface area contributed by atoms with E-state index in [0.717, 1.165) is 25.7 Å². The highest BCUT2D eigenvalue weighted by Crippen LogP contribution is 2.48. The number of imidazole rings is 1. The minimum atomic E-state index is -4.10. The van der Waals surface area contributed by atoms with Gasteiger partial charge in [0, 0.05) is 12.5 Å². The van der Waals surface area contributed by atoms with Crippen molar-refractivity contribution in [2.24, 2.45) is 10.8 Å². The molecule has 3 heterocycles. The maximum absolute atomic E-state index is 13.4. The molecule has 2 aromatic rings. The number of aliphatic hydroxyl groups excluding tert-OH is 1. The summed E-state index contributed by atoms with van der Waals surface area (Å²) in [5.74, 6) is -0.614. The number of halogens is 1. The molecule has 17 heteroatoms. The van der Waals surface area contributed by atoms with Crippen molar-refractivity contribution in [1.82, 2.24) is 19.5 Å². The number of esters is 2. The highest BCUT2D eigenvalue weighted by molar-refractivity contribution is 7.53. The fraction of sp³-hybridized carbons (Fsp3) is 0.750. The second-order valence-corrected chi connectivity index (χ2v) is 15.5. The standard InChI is InChI=1S/C28H43ClN5O10P/c1-27(2,3)24(36)40-14-42-45(38,43-15-41-25(37)28(4,5)6)16-39-12-19-18(35)11-20(44-19)34-13-30-21-22(31-17-9-7-8-10-17)32-26(29)33-23(21)34/h13,17-20,35H,7-12,14-16H2,1-6H3,(H,31,32,33)/t18-,19+,20+/m0/s1. The summed E-state index contributed by atoms with van der Waals surface area (Å²) in [4.78, 5) is 37.4. The van der Waals surface area contributed by atoms with Crippen LogP contribution in [-0.2, 0) is 42.1 Å². The number of nitrogens with zero attached hydrogens (tertiary/aromatic N) is 4. The van der Waals surface area contributed by atoms with Gasteiger partial charge in [-0.15, -0.1) is 0 Å². The lowest BCUT2D eigenvalue weighted by Crippen LogP contribution is -2.27. The van der Waals surface area contributed by atoms with Gasteiger partial charge in [0.15, 0.2) is 17.0 Å². The van der Waals surface area contributed by atoms with Crippen molar-refractivity contribution in [3.63, 3.8) is 0 Å². The first kappa shape index (κ1) is 35.5. The second-order valence-electron chi connectivity index (χ2n) is 13.2. The predicted molar refractivity (Wildman–Crippen MR) is 162 cm³/mol. The Kier molecular flexibility index (Phi) is 11.5. The molecule has 1 aliphatic heterocycles. The molecular weight excluding hydrogens is 633 g/mol. The van der Waals surface area contributed by atoms with Gasteiger partial charge in [-0.1, -0.05) is 12.8 Å². The summed E-state index contributed by atoms with van der Waals surface area (Å²) in [6.07, 6.45) is 3.13. The predicted octanol–water partition coefficient (Wildman–Crippen LogP) is 4.78. The molecule has 3 atom stereocenters. The number of aliphatic hydroxyl groups is 1. The topological polar surface area (TPSA) is 182 Å².